The molecule has 1 heterocycles. The zero-order valence-electron chi connectivity index (χ0n) is 10.3. The quantitative estimate of drug-likeness (QED) is 0.630. The van der Waals surface area contributed by atoms with Crippen LogP contribution in [0.25, 0.3) is 5.69 Å². The number of nitro groups is 1. The Morgan fingerprint density at radius 2 is 2.00 bits per heavy atom. The summed E-state index contributed by atoms with van der Waals surface area (Å²) in [7, 11) is 0. The van der Waals surface area contributed by atoms with Crippen molar-refractivity contribution in [2.75, 3.05) is 0 Å². The predicted octanol–water partition coefficient (Wildman–Crippen LogP) is 3.47. The molecule has 0 fully saturated rings. The molecule has 2 rings (SSSR count). The van der Waals surface area contributed by atoms with E-state index in [0.717, 1.165) is 21.4 Å². The number of nitro benzene ring substituents is 1. The lowest BCUT2D eigenvalue weighted by Gasteiger charge is -2.08. The molecule has 18 heavy (non-hydrogen) atoms. The highest BCUT2D eigenvalue weighted by Gasteiger charge is 2.21. The number of hydrogen-bond acceptors (Lipinski definition) is 3. The fraction of sp³-hybridized carbons (Fsp3) is 0.250. The molecule has 0 unspecified atom stereocenters. The van der Waals surface area contributed by atoms with Gasteiger partial charge in [-0.2, -0.15) is 5.10 Å². The summed E-state index contributed by atoms with van der Waals surface area (Å²) in [4.78, 5) is 10.7. The minimum absolute atomic E-state index is 0.0631. The van der Waals surface area contributed by atoms with Crippen molar-refractivity contribution in [3.05, 3.63) is 49.7 Å². The smallest absolute Gasteiger partial charge is 0.258 e. The molecule has 94 valence electrons. The van der Waals surface area contributed by atoms with E-state index in [1.807, 2.05) is 26.8 Å². The van der Waals surface area contributed by atoms with E-state index in [2.05, 4.69) is 21.0 Å². The summed E-state index contributed by atoms with van der Waals surface area (Å²) in [5.74, 6) is 0. The van der Waals surface area contributed by atoms with Gasteiger partial charge < -0.3 is 0 Å². The number of hydrogen-bond donors (Lipinski definition) is 0. The van der Waals surface area contributed by atoms with Crippen LogP contribution in [0.15, 0.2) is 22.7 Å². The lowest BCUT2D eigenvalue weighted by Crippen LogP contribution is -2.05. The predicted molar refractivity (Wildman–Crippen MR) is 72.1 cm³/mol. The Balaban J connectivity index is 2.78. The van der Waals surface area contributed by atoms with Crippen LogP contribution in [0.5, 0.6) is 0 Å². The van der Waals surface area contributed by atoms with Crippen molar-refractivity contribution in [3.63, 3.8) is 0 Å². The average molecular weight is 310 g/mol. The molecule has 0 saturated heterocycles. The van der Waals surface area contributed by atoms with Crippen molar-refractivity contribution in [2.24, 2.45) is 0 Å². The molecule has 2 aromatic rings. The molecule has 0 spiro atoms. The Hall–Kier alpha value is -1.69. The van der Waals surface area contributed by atoms with Crippen LogP contribution in [0.2, 0.25) is 0 Å². The van der Waals surface area contributed by atoms with E-state index in [1.54, 1.807) is 10.7 Å². The number of para-hydroxylation sites is 1. The van der Waals surface area contributed by atoms with E-state index in [4.69, 9.17) is 0 Å². The third kappa shape index (κ3) is 1.92. The van der Waals surface area contributed by atoms with Crippen LogP contribution < -0.4 is 0 Å². The molecule has 1 aromatic heterocycles. The second-order valence-electron chi connectivity index (χ2n) is 4.10. The van der Waals surface area contributed by atoms with Crippen LogP contribution in [0.1, 0.15) is 17.0 Å². The molecule has 0 bridgehead atoms. The number of benzene rings is 1. The molecule has 0 radical (unpaired) electrons. The molecule has 6 heteroatoms. The summed E-state index contributed by atoms with van der Waals surface area (Å²) in [5.41, 5.74) is 3.07. The standard InChI is InChI=1S/C12H12BrN3O2/c1-7-5-4-6-10(16(17)18)12(7)15-9(3)11(13)8(2)14-15/h4-6H,1-3H3. The lowest BCUT2D eigenvalue weighted by atomic mass is 10.1. The Morgan fingerprint density at radius 1 is 1.33 bits per heavy atom. The molecule has 0 atom stereocenters. The van der Waals surface area contributed by atoms with E-state index in [0.29, 0.717) is 5.69 Å². The van der Waals surface area contributed by atoms with Crippen molar-refractivity contribution in [2.45, 2.75) is 20.8 Å². The second kappa shape index (κ2) is 4.53. The van der Waals surface area contributed by atoms with Crippen molar-refractivity contribution < 1.29 is 4.92 Å². The van der Waals surface area contributed by atoms with Gasteiger partial charge in [-0.15, -0.1) is 0 Å². The zero-order valence-corrected chi connectivity index (χ0v) is 11.9. The van der Waals surface area contributed by atoms with Crippen LogP contribution in [-0.2, 0) is 0 Å². The van der Waals surface area contributed by atoms with Gasteiger partial charge in [-0.1, -0.05) is 12.1 Å². The normalized spacial score (nSPS) is 10.7. The molecule has 0 amide bonds. The minimum atomic E-state index is -0.382. The highest BCUT2D eigenvalue weighted by Crippen LogP contribution is 2.30. The van der Waals surface area contributed by atoms with Gasteiger partial charge in [0.15, 0.2) is 0 Å². The third-order valence-corrected chi connectivity index (χ3v) is 3.98. The van der Waals surface area contributed by atoms with Crippen LogP contribution in [0.4, 0.5) is 5.69 Å². The number of rotatable bonds is 2. The Labute approximate surface area is 113 Å². The average Bonchev–Trinajstić information content (AvgIpc) is 2.56. The molecule has 0 aliphatic rings. The van der Waals surface area contributed by atoms with Gasteiger partial charge in [0, 0.05) is 6.07 Å². The van der Waals surface area contributed by atoms with Gasteiger partial charge in [-0.05, 0) is 42.3 Å². The number of halogens is 1. The van der Waals surface area contributed by atoms with Crippen molar-refractivity contribution in [1.82, 2.24) is 9.78 Å². The van der Waals surface area contributed by atoms with Crippen molar-refractivity contribution in [3.8, 4) is 5.69 Å². The monoisotopic (exact) mass is 309 g/mol. The Bertz CT molecular complexity index is 634. The van der Waals surface area contributed by atoms with E-state index >= 15 is 0 Å². The fourth-order valence-corrected chi connectivity index (χ4v) is 2.15. The van der Waals surface area contributed by atoms with Gasteiger partial charge in [0.1, 0.15) is 5.69 Å². The largest absolute Gasteiger partial charge is 0.295 e. The maximum atomic E-state index is 11.1. The van der Waals surface area contributed by atoms with Crippen LogP contribution in [0, 0.1) is 30.9 Å². The summed E-state index contributed by atoms with van der Waals surface area (Å²) < 4.78 is 2.49. The van der Waals surface area contributed by atoms with Gasteiger partial charge in [-0.25, -0.2) is 4.68 Å². The first-order valence-corrected chi connectivity index (χ1v) is 6.19. The molecular weight excluding hydrogens is 298 g/mol. The lowest BCUT2D eigenvalue weighted by molar-refractivity contribution is -0.384. The number of aryl methyl sites for hydroxylation is 2. The first-order chi connectivity index (χ1) is 8.43. The van der Waals surface area contributed by atoms with E-state index in [9.17, 15) is 10.1 Å². The number of nitrogens with zero attached hydrogens (tertiary/aromatic N) is 3. The number of aromatic nitrogens is 2. The Kier molecular flexibility index (Phi) is 3.21. The molecule has 5 nitrogen and oxygen atoms in total. The first-order valence-electron chi connectivity index (χ1n) is 5.39. The van der Waals surface area contributed by atoms with Gasteiger partial charge >= 0.3 is 0 Å². The van der Waals surface area contributed by atoms with Crippen molar-refractivity contribution >= 4 is 21.6 Å². The van der Waals surface area contributed by atoms with Crippen LogP contribution in [-0.4, -0.2) is 14.7 Å². The Morgan fingerprint density at radius 3 is 2.50 bits per heavy atom. The molecular formula is C12H12BrN3O2. The molecule has 0 saturated carbocycles. The van der Waals surface area contributed by atoms with E-state index in [1.165, 1.54) is 6.07 Å². The van der Waals surface area contributed by atoms with Crippen molar-refractivity contribution in [1.29, 1.82) is 0 Å². The summed E-state index contributed by atoms with van der Waals surface area (Å²) in [6, 6.07) is 5.01. The molecule has 0 aliphatic heterocycles. The molecule has 0 N–H and O–H groups in total. The topological polar surface area (TPSA) is 61.0 Å². The fourth-order valence-electron chi connectivity index (χ4n) is 1.91. The highest BCUT2D eigenvalue weighted by atomic mass is 79.9. The van der Waals surface area contributed by atoms with E-state index < -0.39 is 0 Å². The van der Waals surface area contributed by atoms with Gasteiger partial charge in [-0.3, -0.25) is 10.1 Å². The summed E-state index contributed by atoms with van der Waals surface area (Å²) in [5, 5.41) is 15.5. The SMILES string of the molecule is Cc1cccc([N+](=O)[O-])c1-n1nc(C)c(Br)c1C. The molecule has 0 aliphatic carbocycles. The van der Waals surface area contributed by atoms with Crippen LogP contribution in [0.3, 0.4) is 0 Å². The minimum Gasteiger partial charge on any atom is -0.258 e. The summed E-state index contributed by atoms with van der Waals surface area (Å²) >= 11 is 3.43. The third-order valence-electron chi connectivity index (χ3n) is 2.83. The second-order valence-corrected chi connectivity index (χ2v) is 4.89. The maximum Gasteiger partial charge on any atom is 0.295 e. The zero-order chi connectivity index (χ0) is 13.4. The summed E-state index contributed by atoms with van der Waals surface area (Å²) in [6.07, 6.45) is 0. The summed E-state index contributed by atoms with van der Waals surface area (Å²) in [6.45, 7) is 5.57. The van der Waals surface area contributed by atoms with Gasteiger partial charge in [0.05, 0.1) is 20.8 Å². The maximum absolute atomic E-state index is 11.1. The van der Waals surface area contributed by atoms with E-state index in [-0.39, 0.29) is 10.6 Å². The van der Waals surface area contributed by atoms with Crippen LogP contribution >= 0.6 is 15.9 Å². The highest BCUT2D eigenvalue weighted by molar-refractivity contribution is 9.10. The van der Waals surface area contributed by atoms with Gasteiger partial charge in [0.2, 0.25) is 0 Å². The van der Waals surface area contributed by atoms with Gasteiger partial charge in [0.25, 0.3) is 5.69 Å². The first kappa shape index (κ1) is 12.8. The molecule has 1 aromatic carbocycles.